The van der Waals surface area contributed by atoms with Gasteiger partial charge in [-0.05, 0) is 55.7 Å². The predicted octanol–water partition coefficient (Wildman–Crippen LogP) is 3.65. The third-order valence-corrected chi connectivity index (χ3v) is 6.85. The number of carbonyl (C=O) groups excluding carboxylic acids is 2. The number of hydrogen-bond donors (Lipinski definition) is 1. The fourth-order valence-corrected chi connectivity index (χ4v) is 5.21. The summed E-state index contributed by atoms with van der Waals surface area (Å²) in [5, 5.41) is 3.23. The van der Waals surface area contributed by atoms with Crippen LogP contribution in [0.15, 0.2) is 30.5 Å². The molecule has 0 saturated carbocycles. The van der Waals surface area contributed by atoms with Crippen molar-refractivity contribution < 1.29 is 9.59 Å². The Labute approximate surface area is 189 Å². The summed E-state index contributed by atoms with van der Waals surface area (Å²) in [6, 6.07) is 7.24. The molecule has 2 saturated heterocycles. The highest BCUT2D eigenvalue weighted by Gasteiger charge is 2.35. The van der Waals surface area contributed by atoms with Gasteiger partial charge in [0.2, 0.25) is 11.9 Å². The summed E-state index contributed by atoms with van der Waals surface area (Å²) in [5.74, 6) is 0.805. The zero-order chi connectivity index (χ0) is 22.3. The SMILES string of the molecule is CC1(C)Cc2nc(N3CCCC3)ncc2C(NC(=O)c2cccc(N3CCCC3=O)c2)C1. The van der Waals surface area contributed by atoms with Crippen LogP contribution < -0.4 is 15.1 Å². The number of amides is 2. The van der Waals surface area contributed by atoms with Crippen molar-refractivity contribution in [1.29, 1.82) is 0 Å². The lowest BCUT2D eigenvalue weighted by atomic mass is 9.74. The second kappa shape index (κ2) is 8.19. The van der Waals surface area contributed by atoms with E-state index in [1.54, 1.807) is 11.0 Å². The van der Waals surface area contributed by atoms with E-state index in [2.05, 4.69) is 29.0 Å². The Morgan fingerprint density at radius 2 is 1.97 bits per heavy atom. The van der Waals surface area contributed by atoms with Crippen molar-refractivity contribution in [2.45, 2.75) is 58.4 Å². The normalized spacial score (nSPS) is 22.2. The van der Waals surface area contributed by atoms with Crippen molar-refractivity contribution in [1.82, 2.24) is 15.3 Å². The topological polar surface area (TPSA) is 78.4 Å². The van der Waals surface area contributed by atoms with Crippen LogP contribution in [0.2, 0.25) is 0 Å². The van der Waals surface area contributed by atoms with Gasteiger partial charge in [0.1, 0.15) is 0 Å². The summed E-state index contributed by atoms with van der Waals surface area (Å²) in [4.78, 5) is 38.9. The van der Waals surface area contributed by atoms with Crippen molar-refractivity contribution in [3.8, 4) is 0 Å². The number of hydrogen-bond acceptors (Lipinski definition) is 5. The van der Waals surface area contributed by atoms with Crippen LogP contribution in [0.4, 0.5) is 11.6 Å². The molecule has 5 rings (SSSR count). The van der Waals surface area contributed by atoms with E-state index in [0.29, 0.717) is 18.5 Å². The molecule has 32 heavy (non-hydrogen) atoms. The number of aromatic nitrogens is 2. The molecular formula is C25H31N5O2. The number of rotatable bonds is 4. The Morgan fingerprint density at radius 3 is 2.72 bits per heavy atom. The Kier molecular flexibility index (Phi) is 5.35. The summed E-state index contributed by atoms with van der Waals surface area (Å²) in [7, 11) is 0. The minimum atomic E-state index is -0.133. The highest BCUT2D eigenvalue weighted by Crippen LogP contribution is 2.40. The molecule has 0 spiro atoms. The highest BCUT2D eigenvalue weighted by atomic mass is 16.2. The van der Waals surface area contributed by atoms with E-state index in [0.717, 1.165) is 55.2 Å². The van der Waals surface area contributed by atoms with E-state index in [9.17, 15) is 9.59 Å². The van der Waals surface area contributed by atoms with Crippen molar-refractivity contribution in [2.75, 3.05) is 29.4 Å². The first-order chi connectivity index (χ1) is 15.4. The summed E-state index contributed by atoms with van der Waals surface area (Å²) in [6.45, 7) is 7.19. The molecule has 1 aliphatic carbocycles. The number of anilines is 2. The van der Waals surface area contributed by atoms with Crippen LogP contribution in [-0.4, -0.2) is 41.4 Å². The molecule has 3 heterocycles. The number of fused-ring (bicyclic) bond motifs is 1. The van der Waals surface area contributed by atoms with Gasteiger partial charge in [0.25, 0.3) is 5.91 Å². The maximum atomic E-state index is 13.2. The average Bonchev–Trinajstić information content (AvgIpc) is 3.44. The first-order valence-corrected chi connectivity index (χ1v) is 11.7. The lowest BCUT2D eigenvalue weighted by molar-refractivity contribution is -0.117. The minimum Gasteiger partial charge on any atom is -0.345 e. The number of carbonyl (C=O) groups is 2. The van der Waals surface area contributed by atoms with Crippen molar-refractivity contribution in [2.24, 2.45) is 5.41 Å². The second-order valence-electron chi connectivity index (χ2n) is 10.0. The van der Waals surface area contributed by atoms with E-state index in [1.165, 1.54) is 12.8 Å². The molecule has 3 aliphatic rings. The Bertz CT molecular complexity index is 1040. The predicted molar refractivity (Wildman–Crippen MR) is 124 cm³/mol. The minimum absolute atomic E-state index is 0.0331. The second-order valence-corrected chi connectivity index (χ2v) is 10.0. The third kappa shape index (κ3) is 4.08. The summed E-state index contributed by atoms with van der Waals surface area (Å²) in [6.07, 6.45) is 7.44. The van der Waals surface area contributed by atoms with Gasteiger partial charge >= 0.3 is 0 Å². The molecule has 7 nitrogen and oxygen atoms in total. The molecule has 1 aromatic carbocycles. The maximum Gasteiger partial charge on any atom is 0.251 e. The van der Waals surface area contributed by atoms with Gasteiger partial charge in [-0.3, -0.25) is 9.59 Å². The van der Waals surface area contributed by atoms with Gasteiger partial charge in [-0.1, -0.05) is 19.9 Å². The van der Waals surface area contributed by atoms with Crippen LogP contribution >= 0.6 is 0 Å². The molecule has 1 atom stereocenters. The number of nitrogens with zero attached hydrogens (tertiary/aromatic N) is 4. The van der Waals surface area contributed by atoms with Crippen LogP contribution in [0.1, 0.15) is 73.6 Å². The van der Waals surface area contributed by atoms with E-state index in [-0.39, 0.29) is 23.3 Å². The standard InChI is InChI=1S/C25H31N5O2/c1-25(2)14-20(19-16-26-24(28-21(19)15-25)29-10-3-4-11-29)27-23(32)17-7-5-8-18(13-17)30-12-6-9-22(30)31/h5,7-8,13,16,20H,3-4,6,9-12,14-15H2,1-2H3,(H,27,32). The largest absolute Gasteiger partial charge is 0.345 e. The van der Waals surface area contributed by atoms with E-state index in [4.69, 9.17) is 4.98 Å². The van der Waals surface area contributed by atoms with Gasteiger partial charge < -0.3 is 15.1 Å². The molecule has 2 fully saturated rings. The first-order valence-electron chi connectivity index (χ1n) is 11.7. The van der Waals surface area contributed by atoms with E-state index in [1.807, 2.05) is 24.4 Å². The fraction of sp³-hybridized carbons (Fsp3) is 0.520. The fourth-order valence-electron chi connectivity index (χ4n) is 5.21. The number of benzene rings is 1. The van der Waals surface area contributed by atoms with Gasteiger partial charge in [0.05, 0.1) is 11.7 Å². The molecular weight excluding hydrogens is 402 g/mol. The van der Waals surface area contributed by atoms with Crippen LogP contribution in [0, 0.1) is 5.41 Å². The molecule has 1 aromatic heterocycles. The van der Waals surface area contributed by atoms with Crippen molar-refractivity contribution >= 4 is 23.5 Å². The zero-order valence-electron chi connectivity index (χ0n) is 18.9. The third-order valence-electron chi connectivity index (χ3n) is 6.85. The molecule has 168 valence electrons. The van der Waals surface area contributed by atoms with Crippen LogP contribution in [-0.2, 0) is 11.2 Å². The molecule has 7 heteroatoms. The van der Waals surface area contributed by atoms with Gasteiger partial charge in [0, 0.05) is 49.1 Å². The van der Waals surface area contributed by atoms with E-state index < -0.39 is 0 Å². The highest BCUT2D eigenvalue weighted by molar-refractivity contribution is 5.99. The monoisotopic (exact) mass is 433 g/mol. The van der Waals surface area contributed by atoms with Gasteiger partial charge in [-0.25, -0.2) is 9.97 Å². The number of nitrogens with one attached hydrogen (secondary N) is 1. The van der Waals surface area contributed by atoms with Crippen LogP contribution in [0.3, 0.4) is 0 Å². The van der Waals surface area contributed by atoms with Crippen LogP contribution in [0.25, 0.3) is 0 Å². The van der Waals surface area contributed by atoms with Gasteiger partial charge in [-0.15, -0.1) is 0 Å². The molecule has 1 unspecified atom stereocenters. The molecule has 2 amide bonds. The Balaban J connectivity index is 1.38. The molecule has 0 bridgehead atoms. The lowest BCUT2D eigenvalue weighted by Crippen LogP contribution is -2.37. The average molecular weight is 434 g/mol. The molecule has 2 aliphatic heterocycles. The lowest BCUT2D eigenvalue weighted by Gasteiger charge is -2.36. The van der Waals surface area contributed by atoms with E-state index >= 15 is 0 Å². The van der Waals surface area contributed by atoms with Gasteiger partial charge in [0.15, 0.2) is 0 Å². The molecule has 1 N–H and O–H groups in total. The van der Waals surface area contributed by atoms with Crippen molar-refractivity contribution in [3.63, 3.8) is 0 Å². The maximum absolute atomic E-state index is 13.2. The smallest absolute Gasteiger partial charge is 0.251 e. The zero-order valence-corrected chi connectivity index (χ0v) is 18.9. The molecule has 0 radical (unpaired) electrons. The first kappa shape index (κ1) is 20.9. The van der Waals surface area contributed by atoms with Crippen LogP contribution in [0.5, 0.6) is 0 Å². The molecule has 2 aromatic rings. The quantitative estimate of drug-likeness (QED) is 0.796. The van der Waals surface area contributed by atoms with Gasteiger partial charge in [-0.2, -0.15) is 0 Å². The Hall–Kier alpha value is -2.96. The summed E-state index contributed by atoms with van der Waals surface area (Å²) >= 11 is 0. The summed E-state index contributed by atoms with van der Waals surface area (Å²) < 4.78 is 0. The summed E-state index contributed by atoms with van der Waals surface area (Å²) in [5.41, 5.74) is 3.46. The van der Waals surface area contributed by atoms with Crippen molar-refractivity contribution in [3.05, 3.63) is 47.3 Å². The Morgan fingerprint density at radius 1 is 1.16 bits per heavy atom.